The second-order valence-electron chi connectivity index (χ2n) is 8.42. The van der Waals surface area contributed by atoms with Crippen molar-refractivity contribution in [1.82, 2.24) is 29.6 Å². The zero-order chi connectivity index (χ0) is 21.8. The molecule has 2 saturated heterocycles. The third-order valence-electron chi connectivity index (χ3n) is 6.42. The zero-order valence-corrected chi connectivity index (χ0v) is 18.2. The van der Waals surface area contributed by atoms with Gasteiger partial charge in [-0.25, -0.2) is 0 Å². The van der Waals surface area contributed by atoms with Gasteiger partial charge in [-0.15, -0.1) is 15.3 Å². The molecule has 3 aromatic rings. The Hall–Kier alpha value is -3.20. The largest absolute Gasteiger partial charge is 0.492 e. The van der Waals surface area contributed by atoms with Crippen molar-refractivity contribution in [3.05, 3.63) is 48.8 Å². The van der Waals surface area contributed by atoms with E-state index in [0.717, 1.165) is 75.9 Å². The summed E-state index contributed by atoms with van der Waals surface area (Å²) >= 11 is 0. The number of piperidine rings is 1. The average Bonchev–Trinajstić information content (AvgIpc) is 3.33. The predicted molar refractivity (Wildman–Crippen MR) is 121 cm³/mol. The Morgan fingerprint density at radius 1 is 0.969 bits per heavy atom. The van der Waals surface area contributed by atoms with Crippen molar-refractivity contribution in [2.75, 3.05) is 57.3 Å². The summed E-state index contributed by atoms with van der Waals surface area (Å²) in [5, 5.41) is 12.5. The zero-order valence-electron chi connectivity index (χ0n) is 18.2. The summed E-state index contributed by atoms with van der Waals surface area (Å²) in [6.07, 6.45) is 3.35. The third kappa shape index (κ3) is 4.67. The molecule has 2 aromatic heterocycles. The normalized spacial score (nSPS) is 18.2. The van der Waals surface area contributed by atoms with E-state index in [2.05, 4.69) is 30.0 Å². The Labute approximate surface area is 187 Å². The van der Waals surface area contributed by atoms with Crippen molar-refractivity contribution in [3.8, 4) is 5.75 Å². The molecule has 32 heavy (non-hydrogen) atoms. The molecule has 0 unspecified atom stereocenters. The van der Waals surface area contributed by atoms with Gasteiger partial charge in [-0.3, -0.25) is 9.69 Å². The van der Waals surface area contributed by atoms with Crippen molar-refractivity contribution in [3.63, 3.8) is 0 Å². The van der Waals surface area contributed by atoms with Crippen LogP contribution in [0.3, 0.4) is 0 Å². The van der Waals surface area contributed by atoms with E-state index in [1.165, 1.54) is 0 Å². The van der Waals surface area contributed by atoms with Crippen molar-refractivity contribution in [2.24, 2.45) is 5.92 Å². The fraction of sp³-hybridized carbons (Fsp3) is 0.478. The van der Waals surface area contributed by atoms with Gasteiger partial charge in [-0.1, -0.05) is 18.2 Å². The van der Waals surface area contributed by atoms with Gasteiger partial charge in [0.1, 0.15) is 24.5 Å². The number of hydrogen-bond donors (Lipinski definition) is 0. The molecular formula is C23H29N7O2. The van der Waals surface area contributed by atoms with Gasteiger partial charge in [-0.2, -0.15) is 4.52 Å². The molecule has 2 aliphatic rings. The third-order valence-corrected chi connectivity index (χ3v) is 6.42. The minimum atomic E-state index is 0.109. The van der Waals surface area contributed by atoms with E-state index in [-0.39, 0.29) is 5.92 Å². The summed E-state index contributed by atoms with van der Waals surface area (Å²) in [4.78, 5) is 19.7. The molecule has 9 heteroatoms. The van der Waals surface area contributed by atoms with Gasteiger partial charge in [0.05, 0.1) is 0 Å². The van der Waals surface area contributed by atoms with Crippen LogP contribution in [0.25, 0.3) is 5.65 Å². The number of amides is 1. The van der Waals surface area contributed by atoms with Gasteiger partial charge in [-0.05, 0) is 37.1 Å². The van der Waals surface area contributed by atoms with E-state index < -0.39 is 0 Å². The number of anilines is 1. The van der Waals surface area contributed by atoms with Crippen LogP contribution in [0.4, 0.5) is 5.82 Å². The van der Waals surface area contributed by atoms with E-state index in [1.807, 2.05) is 42.5 Å². The Morgan fingerprint density at radius 2 is 1.75 bits per heavy atom. The summed E-state index contributed by atoms with van der Waals surface area (Å²) < 4.78 is 7.49. The van der Waals surface area contributed by atoms with Crippen molar-refractivity contribution < 1.29 is 9.53 Å². The van der Waals surface area contributed by atoms with Crippen molar-refractivity contribution in [1.29, 1.82) is 0 Å². The van der Waals surface area contributed by atoms with Crippen LogP contribution in [-0.4, -0.2) is 87.9 Å². The van der Waals surface area contributed by atoms with Crippen LogP contribution >= 0.6 is 0 Å². The van der Waals surface area contributed by atoms with Crippen LogP contribution < -0.4 is 9.64 Å². The van der Waals surface area contributed by atoms with E-state index in [4.69, 9.17) is 4.74 Å². The molecule has 0 bridgehead atoms. The summed E-state index contributed by atoms with van der Waals surface area (Å²) in [6, 6.07) is 13.8. The maximum Gasteiger partial charge on any atom is 0.225 e. The van der Waals surface area contributed by atoms with Crippen LogP contribution in [0.2, 0.25) is 0 Å². The molecule has 1 amide bonds. The quantitative estimate of drug-likeness (QED) is 0.581. The summed E-state index contributed by atoms with van der Waals surface area (Å²) in [5.74, 6) is 2.24. The number of hydrogen-bond acceptors (Lipinski definition) is 7. The molecule has 1 aromatic carbocycles. The summed E-state index contributed by atoms with van der Waals surface area (Å²) in [7, 11) is 0. The number of piperazine rings is 1. The minimum Gasteiger partial charge on any atom is -0.492 e. The highest BCUT2D eigenvalue weighted by Crippen LogP contribution is 2.24. The first kappa shape index (κ1) is 20.7. The molecule has 2 aliphatic heterocycles. The Morgan fingerprint density at radius 3 is 2.53 bits per heavy atom. The lowest BCUT2D eigenvalue weighted by Crippen LogP contribution is -2.52. The molecule has 0 N–H and O–H groups in total. The highest BCUT2D eigenvalue weighted by molar-refractivity contribution is 5.79. The number of carbonyl (C=O) groups excluding carboxylic acids is 1. The maximum atomic E-state index is 13.1. The van der Waals surface area contributed by atoms with Gasteiger partial charge in [0.2, 0.25) is 5.91 Å². The molecule has 0 spiro atoms. The fourth-order valence-corrected chi connectivity index (χ4v) is 4.50. The van der Waals surface area contributed by atoms with Crippen LogP contribution in [0.1, 0.15) is 12.8 Å². The lowest BCUT2D eigenvalue weighted by Gasteiger charge is -2.38. The molecule has 0 saturated carbocycles. The highest BCUT2D eigenvalue weighted by Gasteiger charge is 2.30. The lowest BCUT2D eigenvalue weighted by molar-refractivity contribution is -0.138. The molecule has 2 fully saturated rings. The summed E-state index contributed by atoms with van der Waals surface area (Å²) in [6.45, 7) is 6.66. The SMILES string of the molecule is O=C(C1CCN(c2ccc3nncn3n2)CC1)N1CCN(CCOc2ccccc2)CC1. The topological polar surface area (TPSA) is 79.1 Å². The molecular weight excluding hydrogens is 406 g/mol. The van der Waals surface area contributed by atoms with Gasteiger partial charge in [0, 0.05) is 51.7 Å². The first-order valence-corrected chi connectivity index (χ1v) is 11.4. The second kappa shape index (κ2) is 9.52. The molecule has 0 aliphatic carbocycles. The van der Waals surface area contributed by atoms with Crippen molar-refractivity contribution in [2.45, 2.75) is 12.8 Å². The maximum absolute atomic E-state index is 13.1. The number of aromatic nitrogens is 4. The number of ether oxygens (including phenoxy) is 1. The van der Waals surface area contributed by atoms with Gasteiger partial charge < -0.3 is 14.5 Å². The number of benzene rings is 1. The molecule has 5 rings (SSSR count). The molecule has 4 heterocycles. The Balaban J connectivity index is 1.05. The first-order chi connectivity index (χ1) is 15.8. The van der Waals surface area contributed by atoms with Gasteiger partial charge >= 0.3 is 0 Å². The number of para-hydroxylation sites is 1. The van der Waals surface area contributed by atoms with Crippen LogP contribution in [0, 0.1) is 5.92 Å². The van der Waals surface area contributed by atoms with E-state index >= 15 is 0 Å². The number of fused-ring (bicyclic) bond motifs is 1. The van der Waals surface area contributed by atoms with Gasteiger partial charge in [0.25, 0.3) is 0 Å². The minimum absolute atomic E-state index is 0.109. The fourth-order valence-electron chi connectivity index (χ4n) is 4.50. The average molecular weight is 436 g/mol. The number of rotatable bonds is 6. The monoisotopic (exact) mass is 435 g/mol. The summed E-state index contributed by atoms with van der Waals surface area (Å²) in [5.41, 5.74) is 0.740. The lowest BCUT2D eigenvalue weighted by atomic mass is 9.95. The predicted octanol–water partition coefficient (Wildman–Crippen LogP) is 1.56. The second-order valence-corrected chi connectivity index (χ2v) is 8.42. The van der Waals surface area contributed by atoms with Crippen molar-refractivity contribution >= 4 is 17.4 Å². The Bertz CT molecular complexity index is 1030. The number of nitrogens with zero attached hydrogens (tertiary/aromatic N) is 7. The van der Waals surface area contributed by atoms with Gasteiger partial charge in [0.15, 0.2) is 5.65 Å². The highest BCUT2D eigenvalue weighted by atomic mass is 16.5. The van der Waals surface area contributed by atoms with E-state index in [0.29, 0.717) is 12.5 Å². The first-order valence-electron chi connectivity index (χ1n) is 11.4. The molecule has 168 valence electrons. The molecule has 0 radical (unpaired) electrons. The van der Waals surface area contributed by atoms with Crippen LogP contribution in [0.15, 0.2) is 48.8 Å². The Kier molecular flexibility index (Phi) is 6.15. The van der Waals surface area contributed by atoms with Crippen LogP contribution in [0.5, 0.6) is 5.75 Å². The molecule has 9 nitrogen and oxygen atoms in total. The van der Waals surface area contributed by atoms with Crippen LogP contribution in [-0.2, 0) is 4.79 Å². The smallest absolute Gasteiger partial charge is 0.225 e. The standard InChI is InChI=1S/C23H29N7O2/c31-23(29-14-12-27(13-15-29)16-17-32-20-4-2-1-3-5-20)19-8-10-28(11-9-19)22-7-6-21-25-24-18-30(21)26-22/h1-7,18-19H,8-17H2. The van der Waals surface area contributed by atoms with E-state index in [9.17, 15) is 4.79 Å². The van der Waals surface area contributed by atoms with E-state index in [1.54, 1.807) is 10.8 Å². The molecule has 0 atom stereocenters. The number of carbonyl (C=O) groups is 1.